The Kier molecular flexibility index (Phi) is 4.46. The lowest BCUT2D eigenvalue weighted by Gasteiger charge is -2.24. The van der Waals surface area contributed by atoms with Gasteiger partial charge in [-0.1, -0.05) is 48.9 Å². The second-order valence-electron chi connectivity index (χ2n) is 7.84. The molecule has 0 radical (unpaired) electrons. The van der Waals surface area contributed by atoms with Gasteiger partial charge < -0.3 is 14.4 Å². The van der Waals surface area contributed by atoms with Crippen LogP contribution < -0.4 is 0 Å². The van der Waals surface area contributed by atoms with Crippen molar-refractivity contribution in [1.29, 1.82) is 0 Å². The van der Waals surface area contributed by atoms with Crippen molar-refractivity contribution < 1.29 is 14.3 Å². The van der Waals surface area contributed by atoms with Crippen LogP contribution in [-0.4, -0.2) is 36.6 Å². The lowest BCUT2D eigenvalue weighted by molar-refractivity contribution is -0.0441. The summed E-state index contributed by atoms with van der Waals surface area (Å²) in [4.78, 5) is 15.5. The minimum Gasteiger partial charge on any atom is -0.346 e. The highest BCUT2D eigenvalue weighted by atomic mass is 16.7. The van der Waals surface area contributed by atoms with Crippen LogP contribution >= 0.6 is 0 Å². The highest BCUT2D eigenvalue weighted by Crippen LogP contribution is 2.46. The Morgan fingerprint density at radius 1 is 0.926 bits per heavy atom. The minimum atomic E-state index is -0.340. The molecule has 0 aromatic heterocycles. The van der Waals surface area contributed by atoms with E-state index >= 15 is 0 Å². The van der Waals surface area contributed by atoms with Gasteiger partial charge in [0.05, 0.1) is 13.2 Å². The Hall–Kier alpha value is -2.17. The summed E-state index contributed by atoms with van der Waals surface area (Å²) in [6.45, 7) is 2.04. The van der Waals surface area contributed by atoms with E-state index < -0.39 is 0 Å². The molecule has 2 aromatic carbocycles. The van der Waals surface area contributed by atoms with Gasteiger partial charge in [0.1, 0.15) is 0 Å². The summed E-state index contributed by atoms with van der Waals surface area (Å²) < 4.78 is 11.2. The van der Waals surface area contributed by atoms with Gasteiger partial charge in [0.25, 0.3) is 5.91 Å². The Labute approximate surface area is 160 Å². The average Bonchev–Trinajstić information content (AvgIpc) is 3.46. The first-order valence-electron chi connectivity index (χ1n) is 10.0. The lowest BCUT2D eigenvalue weighted by atomic mass is 9.87. The van der Waals surface area contributed by atoms with Crippen molar-refractivity contribution in [2.45, 2.75) is 37.5 Å². The normalized spacial score (nSPS) is 27.9. The van der Waals surface area contributed by atoms with Crippen LogP contribution in [0.15, 0.2) is 54.6 Å². The van der Waals surface area contributed by atoms with E-state index in [-0.39, 0.29) is 12.2 Å². The van der Waals surface area contributed by atoms with Gasteiger partial charge >= 0.3 is 0 Å². The molecular formula is C23H25NO3. The molecule has 3 atom stereocenters. The van der Waals surface area contributed by atoms with E-state index in [0.29, 0.717) is 31.1 Å². The predicted molar refractivity (Wildman–Crippen MR) is 102 cm³/mol. The number of carbonyl (C=O) groups excluding carboxylic acids is 1. The zero-order valence-electron chi connectivity index (χ0n) is 15.4. The van der Waals surface area contributed by atoms with Gasteiger partial charge in [0.15, 0.2) is 6.29 Å². The van der Waals surface area contributed by atoms with Crippen molar-refractivity contribution >= 4 is 5.91 Å². The molecule has 2 aromatic rings. The average molecular weight is 363 g/mol. The molecular weight excluding hydrogens is 338 g/mol. The first-order chi connectivity index (χ1) is 13.3. The zero-order valence-corrected chi connectivity index (χ0v) is 15.4. The van der Waals surface area contributed by atoms with Gasteiger partial charge in [-0.15, -0.1) is 0 Å². The number of hydrogen-bond acceptors (Lipinski definition) is 3. The molecule has 2 aliphatic heterocycles. The van der Waals surface area contributed by atoms with E-state index in [2.05, 4.69) is 35.2 Å². The quantitative estimate of drug-likeness (QED) is 0.823. The molecule has 0 bridgehead atoms. The summed E-state index contributed by atoms with van der Waals surface area (Å²) in [5.41, 5.74) is 3.04. The number of likely N-dealkylation sites (tertiary alicyclic amines) is 1. The molecule has 140 valence electrons. The molecule has 4 heteroatoms. The fraction of sp³-hybridized carbons (Fsp3) is 0.435. The fourth-order valence-corrected chi connectivity index (χ4v) is 5.13. The molecule has 1 saturated carbocycles. The summed E-state index contributed by atoms with van der Waals surface area (Å²) in [7, 11) is 0. The maximum absolute atomic E-state index is 13.4. The maximum Gasteiger partial charge on any atom is 0.254 e. The van der Waals surface area contributed by atoms with Gasteiger partial charge in [-0.25, -0.2) is 0 Å². The predicted octanol–water partition coefficient (Wildman–Crippen LogP) is 4.14. The number of rotatable bonds is 3. The second-order valence-corrected chi connectivity index (χ2v) is 7.84. The number of hydrogen-bond donors (Lipinski definition) is 0. The molecule has 2 heterocycles. The van der Waals surface area contributed by atoms with Gasteiger partial charge in [-0.2, -0.15) is 0 Å². The number of carbonyl (C=O) groups is 1. The van der Waals surface area contributed by atoms with E-state index in [9.17, 15) is 4.79 Å². The Morgan fingerprint density at radius 3 is 2.52 bits per heavy atom. The van der Waals surface area contributed by atoms with Crippen LogP contribution in [0.1, 0.15) is 53.0 Å². The third kappa shape index (κ3) is 3.07. The molecule has 4 nitrogen and oxygen atoms in total. The number of amides is 1. The zero-order chi connectivity index (χ0) is 18.2. The van der Waals surface area contributed by atoms with Crippen molar-refractivity contribution in [3.8, 4) is 0 Å². The molecule has 27 heavy (non-hydrogen) atoms. The van der Waals surface area contributed by atoms with Crippen molar-refractivity contribution in [2.24, 2.45) is 5.92 Å². The Bertz CT molecular complexity index is 815. The summed E-state index contributed by atoms with van der Waals surface area (Å²) in [5.74, 6) is 1.18. The van der Waals surface area contributed by atoms with E-state index in [1.807, 2.05) is 24.3 Å². The Morgan fingerprint density at radius 2 is 1.70 bits per heavy atom. The van der Waals surface area contributed by atoms with Crippen LogP contribution in [0, 0.1) is 5.92 Å². The summed E-state index contributed by atoms with van der Waals surface area (Å²) in [5, 5.41) is 0. The molecule has 3 fully saturated rings. The Balaban J connectivity index is 1.41. The lowest BCUT2D eigenvalue weighted by Crippen LogP contribution is -2.36. The third-order valence-corrected chi connectivity index (χ3v) is 6.36. The smallest absolute Gasteiger partial charge is 0.254 e. The fourth-order valence-electron chi connectivity index (χ4n) is 5.13. The monoisotopic (exact) mass is 363 g/mol. The highest BCUT2D eigenvalue weighted by molar-refractivity contribution is 5.95. The second kappa shape index (κ2) is 7.10. The van der Waals surface area contributed by atoms with Crippen molar-refractivity contribution in [3.05, 3.63) is 71.3 Å². The maximum atomic E-state index is 13.4. The highest BCUT2D eigenvalue weighted by Gasteiger charge is 2.46. The molecule has 3 aliphatic rings. The molecule has 0 N–H and O–H groups in total. The van der Waals surface area contributed by atoms with Gasteiger partial charge in [0.2, 0.25) is 0 Å². The topological polar surface area (TPSA) is 38.8 Å². The number of nitrogens with zero attached hydrogens (tertiary/aromatic N) is 1. The first kappa shape index (κ1) is 17.0. The summed E-state index contributed by atoms with van der Waals surface area (Å²) in [6, 6.07) is 18.8. The largest absolute Gasteiger partial charge is 0.346 e. The third-order valence-electron chi connectivity index (χ3n) is 6.36. The van der Waals surface area contributed by atoms with Crippen molar-refractivity contribution in [2.75, 3.05) is 19.8 Å². The SMILES string of the molecule is O=C(c1cccc(C2OCCO2)c1)N1C[C@H](c2ccccc2)[C@H]2CCC[C@@H]21. The van der Waals surface area contributed by atoms with Gasteiger partial charge in [0, 0.05) is 29.6 Å². The van der Waals surface area contributed by atoms with Crippen LogP contribution in [0.3, 0.4) is 0 Å². The number of fused-ring (bicyclic) bond motifs is 1. The van der Waals surface area contributed by atoms with E-state index in [4.69, 9.17) is 9.47 Å². The van der Waals surface area contributed by atoms with Crippen LogP contribution in [0.4, 0.5) is 0 Å². The number of ether oxygens (including phenoxy) is 2. The van der Waals surface area contributed by atoms with E-state index in [0.717, 1.165) is 24.1 Å². The van der Waals surface area contributed by atoms with Crippen LogP contribution in [-0.2, 0) is 9.47 Å². The molecule has 5 rings (SSSR count). The molecule has 2 saturated heterocycles. The van der Waals surface area contributed by atoms with E-state index in [1.165, 1.54) is 18.4 Å². The standard InChI is InChI=1S/C23H25NO3/c25-22(17-8-4-9-18(14-17)23-26-12-13-27-23)24-15-20(16-6-2-1-3-7-16)19-10-5-11-21(19)24/h1-4,6-9,14,19-21,23H,5,10-13,15H2/t19-,20-,21+/m1/s1. The van der Waals surface area contributed by atoms with E-state index in [1.54, 1.807) is 0 Å². The van der Waals surface area contributed by atoms with Crippen LogP contribution in [0.2, 0.25) is 0 Å². The molecule has 1 aliphatic carbocycles. The van der Waals surface area contributed by atoms with Crippen molar-refractivity contribution in [1.82, 2.24) is 4.90 Å². The molecule has 0 spiro atoms. The first-order valence-corrected chi connectivity index (χ1v) is 10.0. The van der Waals surface area contributed by atoms with Gasteiger partial charge in [-0.05, 0) is 36.5 Å². The van der Waals surface area contributed by atoms with Crippen LogP contribution in [0.5, 0.6) is 0 Å². The van der Waals surface area contributed by atoms with Crippen LogP contribution in [0.25, 0.3) is 0 Å². The summed E-state index contributed by atoms with van der Waals surface area (Å²) in [6.07, 6.45) is 3.21. The number of benzene rings is 2. The minimum absolute atomic E-state index is 0.144. The van der Waals surface area contributed by atoms with Crippen molar-refractivity contribution in [3.63, 3.8) is 0 Å². The molecule has 1 amide bonds. The summed E-state index contributed by atoms with van der Waals surface area (Å²) >= 11 is 0. The van der Waals surface area contributed by atoms with Gasteiger partial charge in [-0.3, -0.25) is 4.79 Å². The molecule has 0 unspecified atom stereocenters.